The number of benzene rings is 3. The molecule has 170 valence electrons. The van der Waals surface area contributed by atoms with Crippen LogP contribution < -0.4 is 0 Å². The summed E-state index contributed by atoms with van der Waals surface area (Å²) in [5.41, 5.74) is 5.52. The molecule has 0 unspecified atom stereocenters. The number of hydrogen-bond acceptors (Lipinski definition) is 4. The monoisotopic (exact) mass is 522 g/mol. The predicted molar refractivity (Wildman–Crippen MR) is 135 cm³/mol. The molecule has 1 saturated heterocycles. The first kappa shape index (κ1) is 20.6. The van der Waals surface area contributed by atoms with Crippen LogP contribution in [0.4, 0.5) is 0 Å². The van der Waals surface area contributed by atoms with E-state index in [9.17, 15) is 9.59 Å². The highest BCUT2D eigenvalue weighted by atomic mass is 79.9. The van der Waals surface area contributed by atoms with Gasteiger partial charge in [0.1, 0.15) is 11.5 Å². The number of hydrazone groups is 1. The number of furan rings is 1. The zero-order chi connectivity index (χ0) is 23.7. The summed E-state index contributed by atoms with van der Waals surface area (Å²) in [6, 6.07) is 27.8. The van der Waals surface area contributed by atoms with Gasteiger partial charge in [-0.1, -0.05) is 76.6 Å². The molecule has 2 atom stereocenters. The topological polar surface area (TPSA) is 62.9 Å². The van der Waals surface area contributed by atoms with Crippen LogP contribution in [-0.2, 0) is 9.59 Å². The van der Waals surface area contributed by atoms with E-state index in [0.29, 0.717) is 11.5 Å². The van der Waals surface area contributed by atoms with Crippen molar-refractivity contribution >= 4 is 34.0 Å². The van der Waals surface area contributed by atoms with Crippen molar-refractivity contribution in [3.05, 3.63) is 117 Å². The summed E-state index contributed by atoms with van der Waals surface area (Å²) >= 11 is 3.43. The number of halogens is 1. The average Bonchev–Trinajstić information content (AvgIpc) is 3.46. The van der Waals surface area contributed by atoms with Crippen molar-refractivity contribution in [1.82, 2.24) is 5.01 Å². The average molecular weight is 523 g/mol. The lowest BCUT2D eigenvalue weighted by atomic mass is 9.55. The molecular weight excluding hydrogens is 504 g/mol. The second kappa shape index (κ2) is 7.62. The summed E-state index contributed by atoms with van der Waals surface area (Å²) in [6.07, 6.45) is 1.46. The zero-order valence-corrected chi connectivity index (χ0v) is 20.1. The van der Waals surface area contributed by atoms with E-state index in [1.807, 2.05) is 54.6 Å². The van der Waals surface area contributed by atoms with E-state index >= 15 is 0 Å². The molecule has 2 amide bonds. The van der Waals surface area contributed by atoms with Gasteiger partial charge in [-0.2, -0.15) is 10.1 Å². The Morgan fingerprint density at radius 3 is 1.74 bits per heavy atom. The van der Waals surface area contributed by atoms with Gasteiger partial charge >= 0.3 is 0 Å². The summed E-state index contributed by atoms with van der Waals surface area (Å²) in [6.45, 7) is 0. The number of carbonyl (C=O) groups is 2. The van der Waals surface area contributed by atoms with Gasteiger partial charge in [-0.3, -0.25) is 9.59 Å². The predicted octanol–water partition coefficient (Wildman–Crippen LogP) is 5.94. The zero-order valence-electron chi connectivity index (χ0n) is 18.5. The van der Waals surface area contributed by atoms with E-state index < -0.39 is 11.8 Å². The van der Waals surface area contributed by atoms with E-state index in [1.54, 1.807) is 6.07 Å². The third-order valence-electron chi connectivity index (χ3n) is 7.48. The number of carbonyl (C=O) groups excluding carboxylic acids is 2. The van der Waals surface area contributed by atoms with Crippen LogP contribution in [0.2, 0.25) is 0 Å². The van der Waals surface area contributed by atoms with Crippen LogP contribution >= 0.6 is 15.9 Å². The minimum absolute atomic E-state index is 0.137. The van der Waals surface area contributed by atoms with Crippen LogP contribution in [-0.4, -0.2) is 23.0 Å². The molecule has 2 heterocycles. The standard InChI is InChI=1S/C29H19BrN2O3/c30-17-11-9-16(10-12-17)23-14-13-18(35-23)15-31-32-28(33)26-24-19-5-1-2-6-20(19)25(27(26)29(32)34)22-8-4-3-7-21(22)24/h1-15,24-27H/b31-15-/t24?,25?,26-,27+. The van der Waals surface area contributed by atoms with Crippen molar-refractivity contribution in [2.24, 2.45) is 16.9 Å². The molecule has 8 rings (SSSR count). The van der Waals surface area contributed by atoms with Gasteiger partial charge in [0.15, 0.2) is 0 Å². The van der Waals surface area contributed by atoms with Gasteiger partial charge in [0.05, 0.1) is 18.1 Å². The quantitative estimate of drug-likeness (QED) is 0.247. The van der Waals surface area contributed by atoms with Gasteiger partial charge in [-0.15, -0.1) is 0 Å². The fraction of sp³-hybridized carbons (Fsp3) is 0.138. The third kappa shape index (κ3) is 2.96. The Kier molecular flexibility index (Phi) is 4.48. The Morgan fingerprint density at radius 1 is 0.714 bits per heavy atom. The maximum atomic E-state index is 13.6. The van der Waals surface area contributed by atoms with Gasteiger partial charge < -0.3 is 4.42 Å². The lowest BCUT2D eigenvalue weighted by Gasteiger charge is -2.45. The summed E-state index contributed by atoms with van der Waals surface area (Å²) in [5, 5.41) is 5.40. The Morgan fingerprint density at radius 2 is 1.23 bits per heavy atom. The smallest absolute Gasteiger partial charge is 0.254 e. The minimum Gasteiger partial charge on any atom is -0.455 e. The molecule has 35 heavy (non-hydrogen) atoms. The summed E-state index contributed by atoms with van der Waals surface area (Å²) in [7, 11) is 0. The largest absolute Gasteiger partial charge is 0.455 e. The Balaban J connectivity index is 1.23. The van der Waals surface area contributed by atoms with E-state index in [1.165, 1.54) is 6.21 Å². The van der Waals surface area contributed by atoms with Gasteiger partial charge in [-0.25, -0.2) is 0 Å². The number of amides is 2. The van der Waals surface area contributed by atoms with Crippen LogP contribution in [0.1, 0.15) is 39.8 Å². The van der Waals surface area contributed by atoms with Crippen molar-refractivity contribution < 1.29 is 14.0 Å². The number of imide groups is 1. The Bertz CT molecular complexity index is 1420. The second-order valence-corrected chi connectivity index (χ2v) is 10.1. The van der Waals surface area contributed by atoms with E-state index in [2.05, 4.69) is 45.3 Å². The van der Waals surface area contributed by atoms with Crippen LogP contribution in [0.5, 0.6) is 0 Å². The highest BCUT2D eigenvalue weighted by Gasteiger charge is 2.61. The van der Waals surface area contributed by atoms with Gasteiger partial charge in [0, 0.05) is 21.9 Å². The van der Waals surface area contributed by atoms with E-state index in [-0.39, 0.29) is 23.7 Å². The first-order valence-electron chi connectivity index (χ1n) is 11.6. The van der Waals surface area contributed by atoms with Crippen molar-refractivity contribution in [1.29, 1.82) is 0 Å². The number of rotatable bonds is 3. The molecule has 1 aliphatic heterocycles. The van der Waals surface area contributed by atoms with E-state index in [0.717, 1.165) is 37.3 Å². The first-order valence-corrected chi connectivity index (χ1v) is 12.4. The van der Waals surface area contributed by atoms with Crippen LogP contribution in [0.3, 0.4) is 0 Å². The van der Waals surface area contributed by atoms with Crippen molar-refractivity contribution in [3.8, 4) is 11.3 Å². The van der Waals surface area contributed by atoms with E-state index in [4.69, 9.17) is 4.42 Å². The Hall–Kier alpha value is -3.77. The van der Waals surface area contributed by atoms with Crippen LogP contribution in [0.25, 0.3) is 11.3 Å². The molecule has 4 aromatic rings. The first-order chi connectivity index (χ1) is 17.1. The molecule has 2 bridgehead atoms. The minimum atomic E-state index is -0.440. The van der Waals surface area contributed by atoms with Crippen LogP contribution in [0, 0.1) is 11.8 Å². The molecule has 0 radical (unpaired) electrons. The van der Waals surface area contributed by atoms with Crippen molar-refractivity contribution in [2.75, 3.05) is 0 Å². The number of hydrogen-bond donors (Lipinski definition) is 0. The fourth-order valence-corrected chi connectivity index (χ4v) is 6.35. The van der Waals surface area contributed by atoms with Gasteiger partial charge in [0.25, 0.3) is 11.8 Å². The van der Waals surface area contributed by atoms with Gasteiger partial charge in [-0.05, 0) is 46.5 Å². The molecule has 3 aliphatic carbocycles. The van der Waals surface area contributed by atoms with Crippen molar-refractivity contribution in [2.45, 2.75) is 11.8 Å². The molecule has 3 aromatic carbocycles. The molecule has 5 nitrogen and oxygen atoms in total. The van der Waals surface area contributed by atoms with Gasteiger partial charge in [0.2, 0.25) is 0 Å². The molecule has 6 heteroatoms. The molecular formula is C29H19BrN2O3. The maximum Gasteiger partial charge on any atom is 0.254 e. The molecule has 1 fully saturated rings. The highest BCUT2D eigenvalue weighted by molar-refractivity contribution is 9.10. The summed E-state index contributed by atoms with van der Waals surface area (Å²) in [5.74, 6) is -0.467. The molecule has 4 aliphatic rings. The summed E-state index contributed by atoms with van der Waals surface area (Å²) < 4.78 is 6.89. The highest BCUT2D eigenvalue weighted by Crippen LogP contribution is 2.60. The fourth-order valence-electron chi connectivity index (χ4n) is 6.08. The molecule has 1 aromatic heterocycles. The molecule has 0 spiro atoms. The summed E-state index contributed by atoms with van der Waals surface area (Å²) in [4.78, 5) is 27.2. The SMILES string of the molecule is O=C1[C@@H]2C3c4ccccc4C(c4ccccc43)[C@@H]2C(=O)N1/N=C\c1ccc(-c2ccc(Br)cc2)o1. The number of nitrogens with zero attached hydrogens (tertiary/aromatic N) is 2. The Labute approximate surface area is 210 Å². The lowest BCUT2D eigenvalue weighted by molar-refractivity contribution is -0.139. The molecule has 0 saturated carbocycles. The molecule has 0 N–H and O–H groups in total. The van der Waals surface area contributed by atoms with Crippen molar-refractivity contribution in [3.63, 3.8) is 0 Å². The third-order valence-corrected chi connectivity index (χ3v) is 8.01. The maximum absolute atomic E-state index is 13.6. The normalized spacial score (nSPS) is 24.1. The van der Waals surface area contributed by atoms with Crippen LogP contribution in [0.15, 0.2) is 98.9 Å². The lowest BCUT2D eigenvalue weighted by Crippen LogP contribution is -2.41. The second-order valence-electron chi connectivity index (χ2n) is 9.21.